The summed E-state index contributed by atoms with van der Waals surface area (Å²) in [5, 5.41) is 10.7. The Morgan fingerprint density at radius 1 is 0.976 bits per heavy atom. The van der Waals surface area contributed by atoms with Gasteiger partial charge in [0.25, 0.3) is 0 Å². The zero-order valence-corrected chi connectivity index (χ0v) is 26.8. The first kappa shape index (κ1) is 29.4. The molecule has 41 heavy (non-hydrogen) atoms. The molecule has 2 aliphatic heterocycles. The summed E-state index contributed by atoms with van der Waals surface area (Å²) in [4.78, 5) is 2.30. The van der Waals surface area contributed by atoms with Gasteiger partial charge >= 0.3 is 0 Å². The van der Waals surface area contributed by atoms with Crippen molar-refractivity contribution in [2.45, 2.75) is 78.2 Å². The minimum Gasteiger partial charge on any atom is -0.497 e. The maximum absolute atomic E-state index is 9.79. The molecular weight excluding hydrogens is 528 g/mol. The molecule has 5 rings (SSSR count). The molecule has 2 heterocycles. The van der Waals surface area contributed by atoms with E-state index in [1.54, 1.807) is 7.11 Å². The number of likely N-dealkylation sites (N-methyl/N-ethyl adjacent to an activating group) is 1. The molecule has 2 aromatic rings. The van der Waals surface area contributed by atoms with E-state index in [0.717, 1.165) is 35.6 Å². The van der Waals surface area contributed by atoms with Gasteiger partial charge in [0.05, 0.1) is 19.1 Å². The summed E-state index contributed by atoms with van der Waals surface area (Å²) in [6.45, 7) is 13.4. The van der Waals surface area contributed by atoms with Crippen molar-refractivity contribution in [3.05, 3.63) is 98.3 Å². The molecule has 0 spiro atoms. The highest BCUT2D eigenvalue weighted by Gasteiger charge is 2.44. The number of fused-ring (bicyclic) bond motifs is 2. The van der Waals surface area contributed by atoms with Crippen LogP contribution in [0.3, 0.4) is 0 Å². The Kier molecular flexibility index (Phi) is 7.63. The Hall–Kier alpha value is -3.08. The minimum atomic E-state index is -0.171. The quantitative estimate of drug-likeness (QED) is 0.367. The third kappa shape index (κ3) is 4.79. The SMILES string of the molecule is COc1cc(C)c2c(c1)C(C)(C)C(C=CC1=C(Cl)C(=CC=C3N(C)c4c(C)cc(CO)cc4C3(C)C)CCC1)=[N+]2C. The second-order valence-corrected chi connectivity index (χ2v) is 13.2. The zero-order chi connectivity index (χ0) is 29.9. The summed E-state index contributed by atoms with van der Waals surface area (Å²) >= 11 is 7.09. The molecule has 0 saturated carbocycles. The first-order valence-electron chi connectivity index (χ1n) is 14.6. The van der Waals surface area contributed by atoms with Crippen LogP contribution in [0.2, 0.25) is 0 Å². The fraction of sp³-hybridized carbons (Fsp3) is 0.417. The van der Waals surface area contributed by atoms with Gasteiger partial charge in [0.2, 0.25) is 5.69 Å². The van der Waals surface area contributed by atoms with Crippen LogP contribution in [0.15, 0.2) is 70.4 Å². The van der Waals surface area contributed by atoms with Gasteiger partial charge in [0, 0.05) is 46.1 Å². The second kappa shape index (κ2) is 10.6. The molecule has 1 N–H and O–H groups in total. The number of methoxy groups -OCH3 is 1. The van der Waals surface area contributed by atoms with E-state index in [9.17, 15) is 5.11 Å². The van der Waals surface area contributed by atoms with Crippen LogP contribution in [0.1, 0.15) is 74.8 Å². The summed E-state index contributed by atoms with van der Waals surface area (Å²) < 4.78 is 7.90. The van der Waals surface area contributed by atoms with Crippen molar-refractivity contribution in [2.75, 3.05) is 26.1 Å². The highest BCUT2D eigenvalue weighted by Crippen LogP contribution is 2.49. The van der Waals surface area contributed by atoms with Crippen molar-refractivity contribution in [1.29, 1.82) is 0 Å². The van der Waals surface area contributed by atoms with Gasteiger partial charge < -0.3 is 14.7 Å². The van der Waals surface area contributed by atoms with Gasteiger partial charge in [-0.15, -0.1) is 0 Å². The number of hydrogen-bond donors (Lipinski definition) is 1. The van der Waals surface area contributed by atoms with Gasteiger partial charge in [0.1, 0.15) is 12.8 Å². The summed E-state index contributed by atoms with van der Waals surface area (Å²) in [5.74, 6) is 0.901. The molecule has 0 fully saturated rings. The Balaban J connectivity index is 1.47. The van der Waals surface area contributed by atoms with E-state index in [2.05, 4.69) is 114 Å². The number of rotatable bonds is 5. The number of aliphatic hydroxyl groups excluding tert-OH is 1. The molecule has 0 bridgehead atoms. The van der Waals surface area contributed by atoms with Crippen molar-refractivity contribution in [3.8, 4) is 5.75 Å². The van der Waals surface area contributed by atoms with E-state index in [1.807, 2.05) is 0 Å². The van der Waals surface area contributed by atoms with Gasteiger partial charge in [-0.25, -0.2) is 0 Å². The smallest absolute Gasteiger partial charge is 0.212 e. The molecule has 216 valence electrons. The standard InChI is InChI=1S/C36H44ClN2O2/c1-22-17-24(21-40)19-28-33(22)38(7)30(35(28,3)4)15-13-25-11-10-12-26(32(25)37)14-16-31-36(5,6)29-20-27(41-9)18-23(2)34(29)39(31)8/h13-20,40H,10-12,21H2,1-9H3/q+1. The van der Waals surface area contributed by atoms with E-state index in [0.29, 0.717) is 0 Å². The third-order valence-corrected chi connectivity index (χ3v) is 9.90. The van der Waals surface area contributed by atoms with Crippen LogP contribution in [0.25, 0.3) is 0 Å². The lowest BCUT2D eigenvalue weighted by Gasteiger charge is -2.24. The molecule has 4 nitrogen and oxygen atoms in total. The molecule has 5 heteroatoms. The van der Waals surface area contributed by atoms with Crippen molar-refractivity contribution in [1.82, 2.24) is 0 Å². The largest absolute Gasteiger partial charge is 0.497 e. The summed E-state index contributed by atoms with van der Waals surface area (Å²) in [7, 11) is 6.03. The number of benzene rings is 2. The first-order valence-corrected chi connectivity index (χ1v) is 15.0. The van der Waals surface area contributed by atoms with Gasteiger partial charge in [0.15, 0.2) is 5.71 Å². The van der Waals surface area contributed by atoms with E-state index in [4.69, 9.17) is 16.3 Å². The molecular formula is C36H44ClN2O2+. The third-order valence-electron chi connectivity index (χ3n) is 9.41. The fourth-order valence-electron chi connectivity index (χ4n) is 7.22. The monoisotopic (exact) mass is 571 g/mol. The van der Waals surface area contributed by atoms with Crippen LogP contribution in [0, 0.1) is 13.8 Å². The van der Waals surface area contributed by atoms with Crippen molar-refractivity contribution in [3.63, 3.8) is 0 Å². The van der Waals surface area contributed by atoms with Crippen LogP contribution in [0.4, 0.5) is 11.4 Å². The van der Waals surface area contributed by atoms with Crippen molar-refractivity contribution < 1.29 is 14.4 Å². The molecule has 1 aliphatic carbocycles. The lowest BCUT2D eigenvalue weighted by atomic mass is 9.80. The molecule has 0 unspecified atom stereocenters. The van der Waals surface area contributed by atoms with Crippen LogP contribution in [-0.2, 0) is 17.4 Å². The fourth-order valence-corrected chi connectivity index (χ4v) is 7.53. The van der Waals surface area contributed by atoms with Gasteiger partial charge in [-0.1, -0.05) is 49.7 Å². The predicted octanol–water partition coefficient (Wildman–Crippen LogP) is 8.28. The Morgan fingerprint density at radius 3 is 2.39 bits per heavy atom. The lowest BCUT2D eigenvalue weighted by Crippen LogP contribution is -2.26. The van der Waals surface area contributed by atoms with E-state index in [-0.39, 0.29) is 17.4 Å². The Bertz CT molecular complexity index is 1580. The zero-order valence-electron chi connectivity index (χ0n) is 26.1. The molecule has 3 aliphatic rings. The van der Waals surface area contributed by atoms with Crippen molar-refractivity contribution in [2.24, 2.45) is 0 Å². The van der Waals surface area contributed by atoms with E-state index >= 15 is 0 Å². The van der Waals surface area contributed by atoms with Gasteiger partial charge in [-0.05, 0) is 93.0 Å². The number of nitrogens with zero attached hydrogens (tertiary/aromatic N) is 2. The van der Waals surface area contributed by atoms with E-state index in [1.165, 1.54) is 56.2 Å². The number of aryl methyl sites for hydroxylation is 2. The first-order chi connectivity index (χ1) is 19.3. The molecule has 0 aromatic heterocycles. The van der Waals surface area contributed by atoms with E-state index < -0.39 is 0 Å². The summed E-state index contributed by atoms with van der Waals surface area (Å²) in [6.07, 6.45) is 12.0. The number of ether oxygens (including phenoxy) is 1. The Labute approximate surface area is 251 Å². The maximum atomic E-state index is 9.79. The van der Waals surface area contributed by atoms with Crippen LogP contribution in [0.5, 0.6) is 5.75 Å². The average molecular weight is 572 g/mol. The number of allylic oxidation sites excluding steroid dienone is 8. The molecule has 0 atom stereocenters. The number of aliphatic hydroxyl groups is 1. The number of anilines is 1. The van der Waals surface area contributed by atoms with Crippen molar-refractivity contribution >= 4 is 28.7 Å². The topological polar surface area (TPSA) is 35.7 Å². The number of halogens is 1. The predicted molar refractivity (Wildman–Crippen MR) is 172 cm³/mol. The summed E-state index contributed by atoms with van der Waals surface area (Å²) in [6, 6.07) is 8.52. The number of hydrogen-bond acceptors (Lipinski definition) is 3. The Morgan fingerprint density at radius 2 is 1.71 bits per heavy atom. The second-order valence-electron chi connectivity index (χ2n) is 12.8. The molecule has 2 aromatic carbocycles. The normalized spacial score (nSPS) is 21.5. The van der Waals surface area contributed by atoms with Gasteiger partial charge in [-0.2, -0.15) is 4.58 Å². The summed E-state index contributed by atoms with van der Waals surface area (Å²) in [5.41, 5.74) is 13.0. The maximum Gasteiger partial charge on any atom is 0.212 e. The highest BCUT2D eigenvalue weighted by molar-refractivity contribution is 6.32. The molecule has 0 saturated heterocycles. The molecule has 0 amide bonds. The van der Waals surface area contributed by atoms with Crippen LogP contribution in [-0.4, -0.2) is 36.6 Å². The van der Waals surface area contributed by atoms with Crippen LogP contribution >= 0.6 is 11.6 Å². The molecule has 0 radical (unpaired) electrons. The average Bonchev–Trinajstić information content (AvgIpc) is 3.24. The van der Waals surface area contributed by atoms with Crippen LogP contribution < -0.4 is 9.64 Å². The van der Waals surface area contributed by atoms with Gasteiger partial charge in [-0.3, -0.25) is 0 Å². The highest BCUT2D eigenvalue weighted by atomic mass is 35.5. The minimum absolute atomic E-state index is 0.0553. The lowest BCUT2D eigenvalue weighted by molar-refractivity contribution is -0.402.